The molecule has 128 valence electrons. The van der Waals surface area contributed by atoms with Gasteiger partial charge >= 0.3 is 0 Å². The molecular formula is C22H18N2O2. The molecule has 4 aromatic rings. The second-order valence-corrected chi connectivity index (χ2v) is 6.51. The lowest BCUT2D eigenvalue weighted by Crippen LogP contribution is -2.04. The molecule has 1 aliphatic rings. The second-order valence-electron chi connectivity index (χ2n) is 6.51. The maximum Gasteiger partial charge on any atom is 0.226 e. The molecule has 0 radical (unpaired) electrons. The standard InChI is InChI=1S/C22H18N2O2/c1-3-7-15(8-4-1)21-23-17-11-12-18-20(14-13-19(17)25-21)26-22(24-18)16-9-5-2-6-10-16/h1-10H,11-14H2. The minimum atomic E-state index is 0.701. The van der Waals surface area contributed by atoms with Gasteiger partial charge in [0.05, 0.1) is 11.4 Å². The summed E-state index contributed by atoms with van der Waals surface area (Å²) in [6.07, 6.45) is 3.20. The average Bonchev–Trinajstić information content (AvgIpc) is 3.28. The molecule has 0 bridgehead atoms. The highest BCUT2D eigenvalue weighted by molar-refractivity contribution is 5.54. The molecule has 0 saturated heterocycles. The van der Waals surface area contributed by atoms with Crippen LogP contribution in [-0.4, -0.2) is 9.97 Å². The van der Waals surface area contributed by atoms with Crippen LogP contribution in [0.5, 0.6) is 0 Å². The summed E-state index contributed by atoms with van der Waals surface area (Å²) in [5.74, 6) is 3.33. The van der Waals surface area contributed by atoms with Gasteiger partial charge in [0.2, 0.25) is 11.8 Å². The van der Waals surface area contributed by atoms with Crippen LogP contribution in [-0.2, 0) is 25.7 Å². The highest BCUT2D eigenvalue weighted by Gasteiger charge is 2.22. The third kappa shape index (κ3) is 2.73. The molecule has 0 unspecified atom stereocenters. The Hall–Kier alpha value is -3.14. The van der Waals surface area contributed by atoms with E-state index in [1.54, 1.807) is 0 Å². The van der Waals surface area contributed by atoms with E-state index in [2.05, 4.69) is 0 Å². The molecule has 0 spiro atoms. The van der Waals surface area contributed by atoms with Gasteiger partial charge in [-0.3, -0.25) is 0 Å². The van der Waals surface area contributed by atoms with E-state index in [1.165, 1.54) is 0 Å². The molecule has 0 amide bonds. The van der Waals surface area contributed by atoms with Crippen molar-refractivity contribution in [3.05, 3.63) is 83.6 Å². The Morgan fingerprint density at radius 2 is 0.962 bits per heavy atom. The van der Waals surface area contributed by atoms with Crippen molar-refractivity contribution in [1.82, 2.24) is 9.97 Å². The van der Waals surface area contributed by atoms with E-state index in [0.717, 1.165) is 59.7 Å². The molecule has 1 aliphatic carbocycles. The van der Waals surface area contributed by atoms with E-state index >= 15 is 0 Å². The smallest absolute Gasteiger partial charge is 0.226 e. The first-order chi connectivity index (χ1) is 12.9. The maximum absolute atomic E-state index is 6.06. The lowest BCUT2D eigenvalue weighted by Gasteiger charge is -2.05. The van der Waals surface area contributed by atoms with Crippen molar-refractivity contribution >= 4 is 0 Å². The minimum Gasteiger partial charge on any atom is -0.441 e. The maximum atomic E-state index is 6.06. The van der Waals surface area contributed by atoms with Gasteiger partial charge in [0.1, 0.15) is 11.5 Å². The van der Waals surface area contributed by atoms with Crippen LogP contribution in [0.1, 0.15) is 22.9 Å². The molecule has 2 aromatic heterocycles. The van der Waals surface area contributed by atoms with Gasteiger partial charge in [-0.25, -0.2) is 9.97 Å². The Labute approximate surface area is 151 Å². The van der Waals surface area contributed by atoms with Gasteiger partial charge in [0, 0.05) is 24.0 Å². The number of benzene rings is 2. The first-order valence-corrected chi connectivity index (χ1v) is 8.95. The number of nitrogens with zero attached hydrogens (tertiary/aromatic N) is 2. The third-order valence-electron chi connectivity index (χ3n) is 4.78. The zero-order valence-electron chi connectivity index (χ0n) is 14.3. The van der Waals surface area contributed by atoms with Gasteiger partial charge in [-0.05, 0) is 37.1 Å². The zero-order chi connectivity index (χ0) is 17.3. The summed E-state index contributed by atoms with van der Waals surface area (Å²) in [6.45, 7) is 0. The lowest BCUT2D eigenvalue weighted by molar-refractivity contribution is 0.474. The molecule has 4 heteroatoms. The first-order valence-electron chi connectivity index (χ1n) is 8.95. The summed E-state index contributed by atoms with van der Waals surface area (Å²) in [7, 11) is 0. The quantitative estimate of drug-likeness (QED) is 0.521. The molecule has 0 aliphatic heterocycles. The van der Waals surface area contributed by atoms with Gasteiger partial charge in [-0.2, -0.15) is 0 Å². The summed E-state index contributed by atoms with van der Waals surface area (Å²) < 4.78 is 12.1. The van der Waals surface area contributed by atoms with Gasteiger partial charge in [-0.15, -0.1) is 0 Å². The summed E-state index contributed by atoms with van der Waals surface area (Å²) in [5.41, 5.74) is 4.11. The van der Waals surface area contributed by atoms with Crippen LogP contribution in [0.15, 0.2) is 69.5 Å². The predicted octanol–water partition coefficient (Wildman–Crippen LogP) is 4.88. The SMILES string of the molecule is c1ccc(-c2nc3c(o2)CCc2oc(-c4ccccc4)nc2CC3)cc1. The van der Waals surface area contributed by atoms with Gasteiger partial charge in [-0.1, -0.05) is 36.4 Å². The molecule has 4 nitrogen and oxygen atoms in total. The van der Waals surface area contributed by atoms with Crippen molar-refractivity contribution < 1.29 is 8.83 Å². The fourth-order valence-electron chi connectivity index (χ4n) is 3.42. The molecule has 0 atom stereocenters. The molecule has 0 N–H and O–H groups in total. The summed E-state index contributed by atoms with van der Waals surface area (Å²) in [6, 6.07) is 20.1. The topological polar surface area (TPSA) is 52.1 Å². The monoisotopic (exact) mass is 342 g/mol. The van der Waals surface area contributed by atoms with Crippen LogP contribution in [0.25, 0.3) is 22.9 Å². The van der Waals surface area contributed by atoms with Crippen molar-refractivity contribution in [1.29, 1.82) is 0 Å². The van der Waals surface area contributed by atoms with E-state index in [9.17, 15) is 0 Å². The van der Waals surface area contributed by atoms with Crippen molar-refractivity contribution in [2.24, 2.45) is 0 Å². The largest absolute Gasteiger partial charge is 0.441 e. The Bertz CT molecular complexity index is 904. The van der Waals surface area contributed by atoms with Crippen LogP contribution in [0.2, 0.25) is 0 Å². The van der Waals surface area contributed by atoms with Gasteiger partial charge < -0.3 is 8.83 Å². The van der Waals surface area contributed by atoms with Crippen LogP contribution in [0.3, 0.4) is 0 Å². The van der Waals surface area contributed by atoms with Crippen LogP contribution in [0, 0.1) is 0 Å². The summed E-state index contributed by atoms with van der Waals surface area (Å²) in [5, 5.41) is 0. The Balaban J connectivity index is 1.44. The van der Waals surface area contributed by atoms with E-state index < -0.39 is 0 Å². The van der Waals surface area contributed by atoms with E-state index in [0.29, 0.717) is 11.8 Å². The normalized spacial score (nSPS) is 13.5. The number of hydrogen-bond donors (Lipinski definition) is 0. The number of aryl methyl sites for hydroxylation is 4. The van der Waals surface area contributed by atoms with Gasteiger partial charge in [0.25, 0.3) is 0 Å². The van der Waals surface area contributed by atoms with Crippen molar-refractivity contribution in [3.63, 3.8) is 0 Å². The molecule has 5 rings (SSSR count). The van der Waals surface area contributed by atoms with E-state index in [4.69, 9.17) is 18.8 Å². The molecular weight excluding hydrogens is 324 g/mol. The van der Waals surface area contributed by atoms with Gasteiger partial charge in [0.15, 0.2) is 0 Å². The van der Waals surface area contributed by atoms with Crippen molar-refractivity contribution in [2.75, 3.05) is 0 Å². The second kappa shape index (κ2) is 6.30. The highest BCUT2D eigenvalue weighted by Crippen LogP contribution is 2.29. The fourth-order valence-corrected chi connectivity index (χ4v) is 3.42. The third-order valence-corrected chi connectivity index (χ3v) is 4.78. The number of fused-ring (bicyclic) bond motifs is 2. The Morgan fingerprint density at radius 1 is 0.538 bits per heavy atom. The summed E-state index contributed by atoms with van der Waals surface area (Å²) >= 11 is 0. The first kappa shape index (κ1) is 15.1. The minimum absolute atomic E-state index is 0.701. The molecule has 2 aromatic carbocycles. The van der Waals surface area contributed by atoms with Crippen LogP contribution in [0.4, 0.5) is 0 Å². The van der Waals surface area contributed by atoms with Crippen molar-refractivity contribution in [3.8, 4) is 22.9 Å². The number of oxazole rings is 2. The number of rotatable bonds is 2. The number of hydrogen-bond acceptors (Lipinski definition) is 4. The van der Waals surface area contributed by atoms with E-state index in [-0.39, 0.29) is 0 Å². The van der Waals surface area contributed by atoms with Crippen LogP contribution >= 0.6 is 0 Å². The predicted molar refractivity (Wildman–Crippen MR) is 98.7 cm³/mol. The zero-order valence-corrected chi connectivity index (χ0v) is 14.3. The Morgan fingerprint density at radius 3 is 1.38 bits per heavy atom. The summed E-state index contributed by atoms with van der Waals surface area (Å²) in [4.78, 5) is 9.47. The molecule has 2 heterocycles. The molecule has 26 heavy (non-hydrogen) atoms. The van der Waals surface area contributed by atoms with Crippen molar-refractivity contribution in [2.45, 2.75) is 25.7 Å². The molecule has 0 fully saturated rings. The molecule has 0 saturated carbocycles. The number of aromatic nitrogens is 2. The highest BCUT2D eigenvalue weighted by atomic mass is 16.4. The van der Waals surface area contributed by atoms with E-state index in [1.807, 2.05) is 60.7 Å². The Kier molecular flexibility index (Phi) is 3.67. The van der Waals surface area contributed by atoms with Crippen LogP contribution < -0.4 is 0 Å². The lowest BCUT2D eigenvalue weighted by atomic mass is 10.0. The fraction of sp³-hybridized carbons (Fsp3) is 0.182. The average molecular weight is 342 g/mol.